The summed E-state index contributed by atoms with van der Waals surface area (Å²) in [4.78, 5) is 0. The van der Waals surface area contributed by atoms with Crippen molar-refractivity contribution in [3.63, 3.8) is 0 Å². The molecular weight excluding hydrogens is 298 g/mol. The summed E-state index contributed by atoms with van der Waals surface area (Å²) in [6, 6.07) is 8.51. The Morgan fingerprint density at radius 2 is 1.89 bits per heavy atom. The molecule has 1 aromatic rings. The van der Waals surface area contributed by atoms with Gasteiger partial charge in [0.05, 0.1) is 0 Å². The molecule has 0 fully saturated rings. The first-order valence-corrected chi connectivity index (χ1v) is 8.43. The molecule has 0 amide bonds. The molecule has 0 radical (unpaired) electrons. The summed E-state index contributed by atoms with van der Waals surface area (Å²) < 4.78 is 1.22. The molecule has 0 bridgehead atoms. The van der Waals surface area contributed by atoms with E-state index < -0.39 is 0 Å². The van der Waals surface area contributed by atoms with E-state index in [4.69, 9.17) is 5.73 Å². The van der Waals surface area contributed by atoms with E-state index in [1.807, 2.05) is 0 Å². The average Bonchev–Trinajstić information content (AvgIpc) is 2.44. The Labute approximate surface area is 127 Å². The van der Waals surface area contributed by atoms with E-state index in [-0.39, 0.29) is 0 Å². The van der Waals surface area contributed by atoms with Crippen LogP contribution >= 0.6 is 15.9 Å². The molecule has 0 saturated carbocycles. The van der Waals surface area contributed by atoms with E-state index in [0.717, 1.165) is 18.9 Å². The summed E-state index contributed by atoms with van der Waals surface area (Å²) in [6.45, 7) is 5.38. The predicted octanol–water partition coefficient (Wildman–Crippen LogP) is 5.17. The quantitative estimate of drug-likeness (QED) is 0.665. The molecule has 1 rings (SSSR count). The Hall–Kier alpha value is -0.340. The van der Waals surface area contributed by atoms with Crippen LogP contribution in [0.1, 0.15) is 51.5 Å². The molecule has 2 N–H and O–H groups in total. The fraction of sp³-hybridized carbons (Fsp3) is 0.647. The first kappa shape index (κ1) is 16.7. The Bertz CT molecular complexity index is 351. The largest absolute Gasteiger partial charge is 0.330 e. The summed E-state index contributed by atoms with van der Waals surface area (Å²) in [6.07, 6.45) is 7.67. The highest BCUT2D eigenvalue weighted by Gasteiger charge is 2.15. The third-order valence-electron chi connectivity index (χ3n) is 4.01. The molecule has 1 aromatic carbocycles. The molecule has 2 atom stereocenters. The van der Waals surface area contributed by atoms with Crippen LogP contribution in [-0.2, 0) is 6.42 Å². The van der Waals surface area contributed by atoms with Gasteiger partial charge in [-0.05, 0) is 42.9 Å². The van der Waals surface area contributed by atoms with E-state index >= 15 is 0 Å². The standard InChI is InChI=1S/C17H28BrN/c1-3-5-8-14(4-2)11-15(13-19)12-16-9-6-7-10-17(16)18/h6-7,9-10,14-15H,3-5,8,11-13,19H2,1-2H3. The minimum absolute atomic E-state index is 0.612. The van der Waals surface area contributed by atoms with E-state index in [1.165, 1.54) is 42.1 Å². The second kappa shape index (κ2) is 9.55. The molecule has 0 saturated heterocycles. The minimum Gasteiger partial charge on any atom is -0.330 e. The van der Waals surface area contributed by atoms with Crippen molar-refractivity contribution in [2.24, 2.45) is 17.6 Å². The van der Waals surface area contributed by atoms with Gasteiger partial charge >= 0.3 is 0 Å². The first-order chi connectivity index (χ1) is 9.21. The number of nitrogens with two attached hydrogens (primary N) is 1. The Morgan fingerprint density at radius 1 is 1.16 bits per heavy atom. The summed E-state index contributed by atoms with van der Waals surface area (Å²) in [5, 5.41) is 0. The van der Waals surface area contributed by atoms with Gasteiger partial charge in [0.15, 0.2) is 0 Å². The van der Waals surface area contributed by atoms with Gasteiger partial charge in [0.25, 0.3) is 0 Å². The van der Waals surface area contributed by atoms with Crippen molar-refractivity contribution < 1.29 is 0 Å². The highest BCUT2D eigenvalue weighted by Crippen LogP contribution is 2.26. The van der Waals surface area contributed by atoms with Crippen LogP contribution in [0.5, 0.6) is 0 Å². The highest BCUT2D eigenvalue weighted by molar-refractivity contribution is 9.10. The van der Waals surface area contributed by atoms with Crippen molar-refractivity contribution >= 4 is 15.9 Å². The molecule has 1 nitrogen and oxygen atoms in total. The molecule has 2 unspecified atom stereocenters. The van der Waals surface area contributed by atoms with E-state index in [9.17, 15) is 0 Å². The number of rotatable bonds is 9. The van der Waals surface area contributed by atoms with Crippen LogP contribution in [0.25, 0.3) is 0 Å². The lowest BCUT2D eigenvalue weighted by Crippen LogP contribution is -2.20. The molecule has 0 aliphatic carbocycles. The smallest absolute Gasteiger partial charge is 0.0207 e. The molecule has 19 heavy (non-hydrogen) atoms. The summed E-state index contributed by atoms with van der Waals surface area (Å²) in [7, 11) is 0. The maximum absolute atomic E-state index is 5.99. The lowest BCUT2D eigenvalue weighted by molar-refractivity contribution is 0.339. The van der Waals surface area contributed by atoms with E-state index in [0.29, 0.717) is 5.92 Å². The third-order valence-corrected chi connectivity index (χ3v) is 4.78. The molecular formula is C17H28BrN. The van der Waals surface area contributed by atoms with E-state index in [2.05, 4.69) is 54.0 Å². The maximum atomic E-state index is 5.99. The van der Waals surface area contributed by atoms with Gasteiger partial charge in [-0.3, -0.25) is 0 Å². The van der Waals surface area contributed by atoms with Crippen molar-refractivity contribution in [2.75, 3.05) is 6.54 Å². The van der Waals surface area contributed by atoms with Gasteiger partial charge in [-0.1, -0.05) is 73.7 Å². The summed E-state index contributed by atoms with van der Waals surface area (Å²) in [5.41, 5.74) is 7.38. The fourth-order valence-electron chi connectivity index (χ4n) is 2.69. The molecule has 0 aliphatic rings. The van der Waals surface area contributed by atoms with Crippen LogP contribution in [0.4, 0.5) is 0 Å². The summed E-state index contributed by atoms with van der Waals surface area (Å²) >= 11 is 3.64. The van der Waals surface area contributed by atoms with Gasteiger partial charge in [0.2, 0.25) is 0 Å². The van der Waals surface area contributed by atoms with Gasteiger partial charge in [0.1, 0.15) is 0 Å². The second-order valence-corrected chi connectivity index (χ2v) is 6.40. The van der Waals surface area contributed by atoms with E-state index in [1.54, 1.807) is 0 Å². The normalized spacial score (nSPS) is 14.3. The van der Waals surface area contributed by atoms with Crippen LogP contribution in [0.2, 0.25) is 0 Å². The van der Waals surface area contributed by atoms with Gasteiger partial charge < -0.3 is 5.73 Å². The lowest BCUT2D eigenvalue weighted by atomic mass is 9.85. The van der Waals surface area contributed by atoms with Crippen molar-refractivity contribution in [1.82, 2.24) is 0 Å². The van der Waals surface area contributed by atoms with Crippen molar-refractivity contribution in [3.8, 4) is 0 Å². The third kappa shape index (κ3) is 6.09. The molecule has 0 aromatic heterocycles. The number of hydrogen-bond acceptors (Lipinski definition) is 1. The Kier molecular flexibility index (Phi) is 8.40. The van der Waals surface area contributed by atoms with Crippen LogP contribution in [0.15, 0.2) is 28.7 Å². The molecule has 0 heterocycles. The molecule has 0 aliphatic heterocycles. The second-order valence-electron chi connectivity index (χ2n) is 5.55. The van der Waals surface area contributed by atoms with Gasteiger partial charge in [0, 0.05) is 4.47 Å². The average molecular weight is 326 g/mol. The topological polar surface area (TPSA) is 26.0 Å². The van der Waals surface area contributed by atoms with Crippen LogP contribution in [0, 0.1) is 11.8 Å². The van der Waals surface area contributed by atoms with Crippen molar-refractivity contribution in [2.45, 2.75) is 52.4 Å². The molecule has 2 heteroatoms. The zero-order valence-electron chi connectivity index (χ0n) is 12.4. The Morgan fingerprint density at radius 3 is 2.47 bits per heavy atom. The number of halogens is 1. The molecule has 0 spiro atoms. The summed E-state index contributed by atoms with van der Waals surface area (Å²) in [5.74, 6) is 1.46. The van der Waals surface area contributed by atoms with Gasteiger partial charge in [-0.25, -0.2) is 0 Å². The lowest BCUT2D eigenvalue weighted by Gasteiger charge is -2.22. The highest BCUT2D eigenvalue weighted by atomic mass is 79.9. The number of unbranched alkanes of at least 4 members (excludes halogenated alkanes) is 1. The number of benzene rings is 1. The van der Waals surface area contributed by atoms with Gasteiger partial charge in [-0.15, -0.1) is 0 Å². The zero-order valence-corrected chi connectivity index (χ0v) is 14.0. The minimum atomic E-state index is 0.612. The zero-order chi connectivity index (χ0) is 14.1. The predicted molar refractivity (Wildman–Crippen MR) is 88.3 cm³/mol. The van der Waals surface area contributed by atoms with Crippen molar-refractivity contribution in [3.05, 3.63) is 34.3 Å². The SMILES string of the molecule is CCCCC(CC)CC(CN)Cc1ccccc1Br. The van der Waals surface area contributed by atoms with Crippen molar-refractivity contribution in [1.29, 1.82) is 0 Å². The van der Waals surface area contributed by atoms with Crippen LogP contribution in [-0.4, -0.2) is 6.54 Å². The van der Waals surface area contributed by atoms with Crippen LogP contribution < -0.4 is 5.73 Å². The van der Waals surface area contributed by atoms with Gasteiger partial charge in [-0.2, -0.15) is 0 Å². The monoisotopic (exact) mass is 325 g/mol. The van der Waals surface area contributed by atoms with Crippen LogP contribution in [0.3, 0.4) is 0 Å². The fourth-order valence-corrected chi connectivity index (χ4v) is 3.14. The maximum Gasteiger partial charge on any atom is 0.0207 e. The molecule has 108 valence electrons. The Balaban J connectivity index is 2.55. The number of hydrogen-bond donors (Lipinski definition) is 1. The first-order valence-electron chi connectivity index (χ1n) is 7.64.